The maximum atomic E-state index is 12.3. The van der Waals surface area contributed by atoms with Gasteiger partial charge in [0.1, 0.15) is 17.4 Å². The number of para-hydroxylation sites is 1. The normalized spacial score (nSPS) is 14.7. The quantitative estimate of drug-likeness (QED) is 0.504. The lowest BCUT2D eigenvalue weighted by Gasteiger charge is -2.35. The third kappa shape index (κ3) is 4.33. The van der Waals surface area contributed by atoms with Gasteiger partial charge in [0.05, 0.1) is 0 Å². The second-order valence-electron chi connectivity index (χ2n) is 6.01. The monoisotopic (exact) mass is 348 g/mol. The molecule has 0 atom stereocenters. The molecule has 1 heterocycles. The van der Waals surface area contributed by atoms with E-state index in [1.54, 1.807) is 18.3 Å². The molecule has 1 aliphatic rings. The third-order valence-electron chi connectivity index (χ3n) is 4.24. The van der Waals surface area contributed by atoms with Gasteiger partial charge < -0.3 is 20.2 Å². The zero-order valence-corrected chi connectivity index (χ0v) is 14.3. The molecule has 6 nitrogen and oxygen atoms in total. The summed E-state index contributed by atoms with van der Waals surface area (Å²) >= 11 is 0. The Morgan fingerprint density at radius 2 is 1.69 bits per heavy atom. The number of nitriles is 1. The van der Waals surface area contributed by atoms with Crippen molar-refractivity contribution in [1.82, 2.24) is 4.90 Å². The number of hydrogen-bond donors (Lipinski definition) is 2. The van der Waals surface area contributed by atoms with E-state index in [1.807, 2.05) is 29.2 Å². The molecule has 26 heavy (non-hydrogen) atoms. The first-order chi connectivity index (χ1) is 12.7. The van der Waals surface area contributed by atoms with Crippen LogP contribution in [0.25, 0.3) is 0 Å². The van der Waals surface area contributed by atoms with Gasteiger partial charge >= 0.3 is 0 Å². The van der Waals surface area contributed by atoms with Gasteiger partial charge in [0, 0.05) is 43.8 Å². The molecule has 1 amide bonds. The Labute approximate surface area is 152 Å². The molecular formula is C20H20N4O2. The average molecular weight is 348 g/mol. The van der Waals surface area contributed by atoms with Crippen LogP contribution >= 0.6 is 0 Å². The van der Waals surface area contributed by atoms with Crippen molar-refractivity contribution in [3.63, 3.8) is 0 Å². The summed E-state index contributed by atoms with van der Waals surface area (Å²) in [6.45, 7) is 3.15. The summed E-state index contributed by atoms with van der Waals surface area (Å²) in [4.78, 5) is 16.6. The maximum absolute atomic E-state index is 12.3. The Kier molecular flexibility index (Phi) is 5.40. The molecule has 1 aliphatic heterocycles. The van der Waals surface area contributed by atoms with E-state index in [2.05, 4.69) is 22.3 Å². The van der Waals surface area contributed by atoms with Crippen molar-refractivity contribution in [1.29, 1.82) is 5.26 Å². The van der Waals surface area contributed by atoms with E-state index >= 15 is 0 Å². The lowest BCUT2D eigenvalue weighted by atomic mass is 10.2. The zero-order chi connectivity index (χ0) is 18.4. The van der Waals surface area contributed by atoms with E-state index in [-0.39, 0.29) is 11.3 Å². The minimum Gasteiger partial charge on any atom is -0.508 e. The van der Waals surface area contributed by atoms with Crippen LogP contribution in [0.5, 0.6) is 5.75 Å². The first-order valence-corrected chi connectivity index (χ1v) is 8.42. The summed E-state index contributed by atoms with van der Waals surface area (Å²) < 4.78 is 0. The summed E-state index contributed by atoms with van der Waals surface area (Å²) in [6.07, 6.45) is 1.62. The number of aromatic hydroxyl groups is 1. The smallest absolute Gasteiger partial charge is 0.267 e. The number of benzene rings is 2. The molecule has 0 saturated carbocycles. The van der Waals surface area contributed by atoms with E-state index in [9.17, 15) is 15.2 Å². The lowest BCUT2D eigenvalue weighted by molar-refractivity contribution is -0.112. The van der Waals surface area contributed by atoms with Crippen molar-refractivity contribution in [2.24, 2.45) is 0 Å². The van der Waals surface area contributed by atoms with Crippen LogP contribution in [0.3, 0.4) is 0 Å². The molecule has 0 spiro atoms. The van der Waals surface area contributed by atoms with E-state index in [0.29, 0.717) is 5.69 Å². The Hall–Kier alpha value is -3.46. The number of phenols is 1. The van der Waals surface area contributed by atoms with Crippen molar-refractivity contribution >= 4 is 17.3 Å². The first-order valence-electron chi connectivity index (χ1n) is 8.42. The van der Waals surface area contributed by atoms with Gasteiger partial charge in [0.25, 0.3) is 5.91 Å². The molecule has 6 heteroatoms. The topological polar surface area (TPSA) is 79.6 Å². The number of hydrogen-bond acceptors (Lipinski definition) is 5. The molecule has 3 rings (SSSR count). The summed E-state index contributed by atoms with van der Waals surface area (Å²) in [5.41, 5.74) is 1.77. The SMILES string of the molecule is N#C/C(=C/N1CCN(c2ccccc2)CC1)C(=O)Nc1ccc(O)cc1. The van der Waals surface area contributed by atoms with Crippen LogP contribution in [0.1, 0.15) is 0 Å². The van der Waals surface area contributed by atoms with Gasteiger partial charge in [-0.3, -0.25) is 4.79 Å². The third-order valence-corrected chi connectivity index (χ3v) is 4.24. The summed E-state index contributed by atoms with van der Waals surface area (Å²) in [7, 11) is 0. The molecule has 0 aromatic heterocycles. The number of amides is 1. The van der Waals surface area contributed by atoms with Crippen LogP contribution in [0, 0.1) is 11.3 Å². The van der Waals surface area contributed by atoms with Crippen LogP contribution in [-0.2, 0) is 4.79 Å². The second kappa shape index (κ2) is 8.08. The average Bonchev–Trinajstić information content (AvgIpc) is 2.69. The summed E-state index contributed by atoms with van der Waals surface area (Å²) in [5.74, 6) is -0.334. The van der Waals surface area contributed by atoms with Crippen LogP contribution < -0.4 is 10.2 Å². The number of nitrogens with zero attached hydrogens (tertiary/aromatic N) is 3. The molecule has 1 fully saturated rings. The minimum absolute atomic E-state index is 0.0613. The number of piperazine rings is 1. The largest absolute Gasteiger partial charge is 0.508 e. The molecule has 0 radical (unpaired) electrons. The Morgan fingerprint density at radius 1 is 1.04 bits per heavy atom. The molecule has 0 aliphatic carbocycles. The molecule has 1 saturated heterocycles. The van der Waals surface area contributed by atoms with E-state index in [4.69, 9.17) is 0 Å². The van der Waals surface area contributed by atoms with Gasteiger partial charge in [0.2, 0.25) is 0 Å². The number of rotatable bonds is 4. The van der Waals surface area contributed by atoms with Crippen LogP contribution in [-0.4, -0.2) is 42.1 Å². The van der Waals surface area contributed by atoms with E-state index in [1.165, 1.54) is 17.8 Å². The maximum Gasteiger partial charge on any atom is 0.267 e. The number of carbonyl (C=O) groups excluding carboxylic acids is 1. The highest BCUT2D eigenvalue weighted by Gasteiger charge is 2.17. The number of anilines is 2. The standard InChI is InChI=1S/C20H20N4O2/c21-14-16(20(26)22-17-6-8-19(25)9-7-17)15-23-10-12-24(13-11-23)18-4-2-1-3-5-18/h1-9,15,25H,10-13H2,(H,22,26)/b16-15-. The highest BCUT2D eigenvalue weighted by molar-refractivity contribution is 6.06. The zero-order valence-electron chi connectivity index (χ0n) is 14.3. The van der Waals surface area contributed by atoms with Crippen molar-refractivity contribution in [3.8, 4) is 11.8 Å². The highest BCUT2D eigenvalue weighted by Crippen LogP contribution is 2.17. The van der Waals surface area contributed by atoms with Gasteiger partial charge in [-0.05, 0) is 36.4 Å². The fraction of sp³-hybridized carbons (Fsp3) is 0.200. The van der Waals surface area contributed by atoms with Gasteiger partial charge in [-0.25, -0.2) is 0 Å². The van der Waals surface area contributed by atoms with Crippen molar-refractivity contribution in [2.75, 3.05) is 36.4 Å². The fourth-order valence-electron chi connectivity index (χ4n) is 2.81. The number of phenolic OH excluding ortho intramolecular Hbond substituents is 1. The number of nitrogens with one attached hydrogen (secondary N) is 1. The van der Waals surface area contributed by atoms with Crippen molar-refractivity contribution < 1.29 is 9.90 Å². The predicted molar refractivity (Wildman–Crippen MR) is 101 cm³/mol. The second-order valence-corrected chi connectivity index (χ2v) is 6.01. The minimum atomic E-state index is -0.455. The van der Waals surface area contributed by atoms with Gasteiger partial charge in [0.15, 0.2) is 0 Å². The summed E-state index contributed by atoms with van der Waals surface area (Å²) in [5, 5.41) is 21.3. The molecule has 132 valence electrons. The van der Waals surface area contributed by atoms with E-state index < -0.39 is 5.91 Å². The molecule has 2 aromatic carbocycles. The fourth-order valence-corrected chi connectivity index (χ4v) is 2.81. The summed E-state index contributed by atoms with van der Waals surface area (Å²) in [6, 6.07) is 18.3. The lowest BCUT2D eigenvalue weighted by Crippen LogP contribution is -2.44. The first kappa shape index (κ1) is 17.4. The van der Waals surface area contributed by atoms with Crippen LogP contribution in [0.2, 0.25) is 0 Å². The van der Waals surface area contributed by atoms with Crippen LogP contribution in [0.4, 0.5) is 11.4 Å². The Morgan fingerprint density at radius 3 is 2.31 bits per heavy atom. The van der Waals surface area contributed by atoms with Crippen molar-refractivity contribution in [2.45, 2.75) is 0 Å². The molecular weight excluding hydrogens is 328 g/mol. The molecule has 2 aromatic rings. The molecule has 0 bridgehead atoms. The van der Waals surface area contributed by atoms with E-state index in [0.717, 1.165) is 26.2 Å². The van der Waals surface area contributed by atoms with Gasteiger partial charge in [-0.15, -0.1) is 0 Å². The van der Waals surface area contributed by atoms with Crippen LogP contribution in [0.15, 0.2) is 66.4 Å². The molecule has 0 unspecified atom stereocenters. The van der Waals surface area contributed by atoms with Crippen molar-refractivity contribution in [3.05, 3.63) is 66.4 Å². The Balaban J connectivity index is 1.60. The number of carbonyl (C=O) groups is 1. The Bertz CT molecular complexity index is 817. The van der Waals surface area contributed by atoms with Gasteiger partial charge in [-0.1, -0.05) is 18.2 Å². The molecule has 2 N–H and O–H groups in total. The van der Waals surface area contributed by atoms with Gasteiger partial charge in [-0.2, -0.15) is 5.26 Å². The highest BCUT2D eigenvalue weighted by atomic mass is 16.3. The predicted octanol–water partition coefficient (Wildman–Crippen LogP) is 2.56.